The summed E-state index contributed by atoms with van der Waals surface area (Å²) >= 11 is 0. The van der Waals surface area contributed by atoms with Gasteiger partial charge >= 0.3 is 5.97 Å². The second-order valence-corrected chi connectivity index (χ2v) is 4.44. The fourth-order valence-electron chi connectivity index (χ4n) is 2.07. The number of nitrogen functional groups attached to an aromatic ring is 1. The molecule has 0 saturated carbocycles. The van der Waals surface area contributed by atoms with Gasteiger partial charge in [0.05, 0.1) is 17.2 Å². The lowest BCUT2D eigenvalue weighted by Gasteiger charge is -1.99. The fourth-order valence-corrected chi connectivity index (χ4v) is 2.07. The maximum Gasteiger partial charge on any atom is 0.344 e. The molecule has 4 nitrogen and oxygen atoms in total. The normalized spacial score (nSPS) is 14.8. The van der Waals surface area contributed by atoms with Crippen LogP contribution in [0.4, 0.5) is 5.69 Å². The van der Waals surface area contributed by atoms with Crippen molar-refractivity contribution in [1.82, 2.24) is 0 Å². The van der Waals surface area contributed by atoms with Crippen LogP contribution < -0.4 is 5.73 Å². The van der Waals surface area contributed by atoms with Gasteiger partial charge in [0, 0.05) is 11.3 Å². The van der Waals surface area contributed by atoms with Gasteiger partial charge in [-0.2, -0.15) is 5.26 Å². The summed E-state index contributed by atoms with van der Waals surface area (Å²) in [5.74, 6) is 0.0990. The van der Waals surface area contributed by atoms with E-state index in [1.54, 1.807) is 48.5 Å². The first-order valence-corrected chi connectivity index (χ1v) is 6.01. The number of fused-ring (bicyclic) bond motifs is 1. The van der Waals surface area contributed by atoms with Crippen molar-refractivity contribution in [3.05, 3.63) is 64.7 Å². The largest absolute Gasteiger partial charge is 0.422 e. The lowest BCUT2D eigenvalue weighted by molar-refractivity contribution is 0.0717. The van der Waals surface area contributed by atoms with Crippen molar-refractivity contribution in [2.75, 3.05) is 5.73 Å². The summed E-state index contributed by atoms with van der Waals surface area (Å²) in [5, 5.41) is 8.76. The number of hydrogen-bond acceptors (Lipinski definition) is 4. The number of cyclic esters (lactones) is 1. The molecule has 4 heteroatoms. The number of nitrogens with two attached hydrogens (primary N) is 1. The first kappa shape index (κ1) is 12.0. The Kier molecular flexibility index (Phi) is 2.73. The van der Waals surface area contributed by atoms with Crippen LogP contribution in [0.3, 0.4) is 0 Å². The number of hydrogen-bond donors (Lipinski definition) is 1. The van der Waals surface area contributed by atoms with E-state index in [1.165, 1.54) is 0 Å². The topological polar surface area (TPSA) is 76.1 Å². The van der Waals surface area contributed by atoms with Crippen LogP contribution in [0.1, 0.15) is 27.0 Å². The molecule has 0 spiro atoms. The molecule has 3 rings (SSSR count). The Labute approximate surface area is 115 Å². The minimum Gasteiger partial charge on any atom is -0.422 e. The van der Waals surface area contributed by atoms with Gasteiger partial charge in [-0.25, -0.2) is 4.79 Å². The molecule has 0 amide bonds. The first-order valence-electron chi connectivity index (χ1n) is 6.01. The van der Waals surface area contributed by atoms with Crippen molar-refractivity contribution in [2.45, 2.75) is 0 Å². The van der Waals surface area contributed by atoms with Gasteiger partial charge in [0.25, 0.3) is 0 Å². The molecular weight excluding hydrogens is 252 g/mol. The summed E-state index contributed by atoms with van der Waals surface area (Å²) in [5.41, 5.74) is 8.84. The maximum atomic E-state index is 11.8. The van der Waals surface area contributed by atoms with Crippen LogP contribution >= 0.6 is 0 Å². The molecule has 20 heavy (non-hydrogen) atoms. The Morgan fingerprint density at radius 3 is 2.55 bits per heavy atom. The molecular formula is C16H10N2O2. The van der Waals surface area contributed by atoms with Gasteiger partial charge in [0.2, 0.25) is 0 Å². The number of ether oxygens (including phenoxy) is 1. The van der Waals surface area contributed by atoms with Crippen molar-refractivity contribution < 1.29 is 9.53 Å². The van der Waals surface area contributed by atoms with Crippen molar-refractivity contribution in [3.8, 4) is 6.07 Å². The third kappa shape index (κ3) is 2.02. The highest BCUT2D eigenvalue weighted by Crippen LogP contribution is 2.32. The van der Waals surface area contributed by atoms with Crippen LogP contribution in [0.2, 0.25) is 0 Å². The summed E-state index contributed by atoms with van der Waals surface area (Å²) in [6, 6.07) is 14.2. The summed E-state index contributed by atoms with van der Waals surface area (Å²) in [7, 11) is 0. The Morgan fingerprint density at radius 2 is 1.85 bits per heavy atom. The molecule has 1 aliphatic rings. The molecule has 0 aromatic heterocycles. The number of anilines is 1. The Bertz CT molecular complexity index is 768. The molecule has 2 aromatic rings. The van der Waals surface area contributed by atoms with Gasteiger partial charge < -0.3 is 10.5 Å². The number of benzene rings is 2. The van der Waals surface area contributed by atoms with Gasteiger partial charge in [-0.05, 0) is 42.0 Å². The summed E-state index contributed by atoms with van der Waals surface area (Å²) in [4.78, 5) is 11.8. The van der Waals surface area contributed by atoms with E-state index in [-0.39, 0.29) is 0 Å². The molecule has 0 radical (unpaired) electrons. The Hall–Kier alpha value is -3.06. The molecule has 0 saturated heterocycles. The molecule has 1 aliphatic heterocycles. The monoisotopic (exact) mass is 262 g/mol. The van der Waals surface area contributed by atoms with Crippen molar-refractivity contribution in [1.29, 1.82) is 5.26 Å². The van der Waals surface area contributed by atoms with E-state index in [0.717, 1.165) is 11.1 Å². The number of carbonyl (C=O) groups excluding carboxylic acids is 1. The molecule has 0 unspecified atom stereocenters. The Morgan fingerprint density at radius 1 is 1.10 bits per heavy atom. The summed E-state index contributed by atoms with van der Waals surface area (Å²) < 4.78 is 5.25. The standard InChI is InChI=1S/C16H10N2O2/c17-9-11-3-1-10(2-4-11)7-15-13-6-5-12(18)8-14(13)16(19)20-15/h1-8H,18H2. The third-order valence-electron chi connectivity index (χ3n) is 3.07. The van der Waals surface area contributed by atoms with Crippen molar-refractivity contribution in [3.63, 3.8) is 0 Å². The van der Waals surface area contributed by atoms with Crippen molar-refractivity contribution >= 4 is 23.5 Å². The molecule has 1 heterocycles. The van der Waals surface area contributed by atoms with Gasteiger partial charge in [-0.1, -0.05) is 12.1 Å². The predicted molar refractivity (Wildman–Crippen MR) is 75.3 cm³/mol. The van der Waals surface area contributed by atoms with E-state index < -0.39 is 5.97 Å². The van der Waals surface area contributed by atoms with Crippen molar-refractivity contribution in [2.24, 2.45) is 0 Å². The van der Waals surface area contributed by atoms with Crippen LogP contribution in [-0.2, 0) is 4.74 Å². The highest BCUT2D eigenvalue weighted by atomic mass is 16.5. The zero-order valence-electron chi connectivity index (χ0n) is 10.5. The number of nitriles is 1. The van der Waals surface area contributed by atoms with E-state index in [1.807, 2.05) is 0 Å². The van der Waals surface area contributed by atoms with Gasteiger partial charge in [-0.3, -0.25) is 0 Å². The second-order valence-electron chi connectivity index (χ2n) is 4.44. The number of nitrogens with zero attached hydrogens (tertiary/aromatic N) is 1. The van der Waals surface area contributed by atoms with E-state index >= 15 is 0 Å². The summed E-state index contributed by atoms with van der Waals surface area (Å²) in [6.07, 6.45) is 1.76. The van der Waals surface area contributed by atoms with Crippen LogP contribution in [0.5, 0.6) is 0 Å². The summed E-state index contributed by atoms with van der Waals surface area (Å²) in [6.45, 7) is 0. The molecule has 0 bridgehead atoms. The predicted octanol–water partition coefficient (Wildman–Crippen LogP) is 2.81. The van der Waals surface area contributed by atoms with Crippen LogP contribution in [0.15, 0.2) is 42.5 Å². The average molecular weight is 262 g/mol. The maximum absolute atomic E-state index is 11.8. The lowest BCUT2D eigenvalue weighted by Crippen LogP contribution is -1.94. The minimum absolute atomic E-state index is 0.396. The molecule has 0 fully saturated rings. The fraction of sp³-hybridized carbons (Fsp3) is 0. The molecule has 0 atom stereocenters. The highest BCUT2D eigenvalue weighted by molar-refractivity contribution is 6.06. The van der Waals surface area contributed by atoms with Crippen LogP contribution in [0.25, 0.3) is 11.8 Å². The zero-order valence-corrected chi connectivity index (χ0v) is 10.5. The zero-order chi connectivity index (χ0) is 14.1. The smallest absolute Gasteiger partial charge is 0.344 e. The Balaban J connectivity index is 2.02. The number of rotatable bonds is 1. The average Bonchev–Trinajstić information content (AvgIpc) is 2.76. The third-order valence-corrected chi connectivity index (χ3v) is 3.07. The second kappa shape index (κ2) is 4.56. The molecule has 96 valence electrons. The SMILES string of the molecule is N#Cc1ccc(C=C2OC(=O)c3cc(N)ccc32)cc1. The van der Waals surface area contributed by atoms with E-state index in [4.69, 9.17) is 15.7 Å². The van der Waals surface area contributed by atoms with Gasteiger partial charge in [0.1, 0.15) is 5.76 Å². The molecule has 2 aromatic carbocycles. The molecule has 2 N–H and O–H groups in total. The number of carbonyl (C=O) groups is 1. The lowest BCUT2D eigenvalue weighted by atomic mass is 10.1. The van der Waals surface area contributed by atoms with E-state index in [0.29, 0.717) is 22.6 Å². The molecule has 0 aliphatic carbocycles. The van der Waals surface area contributed by atoms with Gasteiger partial charge in [0.15, 0.2) is 0 Å². The minimum atomic E-state index is -0.396. The highest BCUT2D eigenvalue weighted by Gasteiger charge is 2.26. The van der Waals surface area contributed by atoms with E-state index in [9.17, 15) is 4.79 Å². The first-order chi connectivity index (χ1) is 9.67. The number of esters is 1. The van der Waals surface area contributed by atoms with Gasteiger partial charge in [-0.15, -0.1) is 0 Å². The quantitative estimate of drug-likeness (QED) is 0.633. The van der Waals surface area contributed by atoms with Crippen LogP contribution in [0, 0.1) is 11.3 Å². The van der Waals surface area contributed by atoms with Crippen LogP contribution in [-0.4, -0.2) is 5.97 Å². The van der Waals surface area contributed by atoms with E-state index in [2.05, 4.69) is 6.07 Å².